The van der Waals surface area contributed by atoms with Gasteiger partial charge >= 0.3 is 0 Å². The predicted octanol–water partition coefficient (Wildman–Crippen LogP) is 7.69. The van der Waals surface area contributed by atoms with Crippen molar-refractivity contribution in [3.05, 3.63) is 150 Å². The lowest BCUT2D eigenvalue weighted by Crippen LogP contribution is -2.15. The molecule has 0 radical (unpaired) electrons. The van der Waals surface area contributed by atoms with Gasteiger partial charge in [0.2, 0.25) is 0 Å². The zero-order chi connectivity index (χ0) is 29.5. The summed E-state index contributed by atoms with van der Waals surface area (Å²) >= 11 is 0. The minimum Gasteiger partial charge on any atom is -0.357 e. The molecule has 0 amide bonds. The number of aromatic amines is 2. The third-order valence-electron chi connectivity index (χ3n) is 7.02. The highest BCUT2D eigenvalue weighted by Gasteiger charge is 2.18. The number of aromatic nitrogens is 4. The van der Waals surface area contributed by atoms with Gasteiger partial charge in [-0.15, -0.1) is 0 Å². The maximum atomic E-state index is 14.0. The molecule has 5 aromatic rings. The number of hydrogen-bond acceptors (Lipinski definition) is 4. The molecule has 0 fully saturated rings. The summed E-state index contributed by atoms with van der Waals surface area (Å²) in [7, 11) is 0. The van der Waals surface area contributed by atoms with Crippen LogP contribution in [0.2, 0.25) is 0 Å². The molecule has 5 rings (SSSR count). The average Bonchev–Trinajstić information content (AvgIpc) is 3.61. The first-order chi connectivity index (χ1) is 20.5. The molecule has 0 spiro atoms. The number of allylic oxidation sites excluding steroid dienone is 3. The van der Waals surface area contributed by atoms with E-state index in [4.69, 9.17) is 0 Å². The SMILES string of the molecule is C=CN=C(c1cccc(F)c1)c1cc(-c2[nH]nc3ncc(C(/C=C(\C=C)CNCc4ccccc4)=C/C)cc23)[nH]c1C. The molecule has 3 N–H and O–H groups in total. The zero-order valence-corrected chi connectivity index (χ0v) is 23.8. The van der Waals surface area contributed by atoms with Crippen molar-refractivity contribution in [3.63, 3.8) is 0 Å². The second-order valence-electron chi connectivity index (χ2n) is 9.84. The van der Waals surface area contributed by atoms with E-state index in [1.54, 1.807) is 6.07 Å². The molecule has 42 heavy (non-hydrogen) atoms. The van der Waals surface area contributed by atoms with E-state index in [9.17, 15) is 4.39 Å². The van der Waals surface area contributed by atoms with Crippen LogP contribution in [0.5, 0.6) is 0 Å². The summed E-state index contributed by atoms with van der Waals surface area (Å²) in [5.74, 6) is -0.323. The van der Waals surface area contributed by atoms with Crippen LogP contribution >= 0.6 is 0 Å². The van der Waals surface area contributed by atoms with Crippen molar-refractivity contribution in [1.29, 1.82) is 0 Å². The van der Waals surface area contributed by atoms with Gasteiger partial charge in [-0.3, -0.25) is 10.1 Å². The molecule has 3 heterocycles. The molecule has 2 aromatic carbocycles. The van der Waals surface area contributed by atoms with Crippen molar-refractivity contribution < 1.29 is 4.39 Å². The summed E-state index contributed by atoms with van der Waals surface area (Å²) in [6, 6.07) is 20.8. The Morgan fingerprint density at radius 1 is 1.05 bits per heavy atom. The van der Waals surface area contributed by atoms with Crippen molar-refractivity contribution in [2.45, 2.75) is 20.4 Å². The monoisotopic (exact) mass is 556 g/mol. The van der Waals surface area contributed by atoms with Gasteiger partial charge in [0.25, 0.3) is 0 Å². The first-order valence-corrected chi connectivity index (χ1v) is 13.7. The molecule has 0 aliphatic carbocycles. The van der Waals surface area contributed by atoms with Gasteiger partial charge in [-0.1, -0.05) is 73.9 Å². The number of fused-ring (bicyclic) bond motifs is 1. The number of hydrogen-bond donors (Lipinski definition) is 3. The smallest absolute Gasteiger partial charge is 0.181 e. The molecule has 0 bridgehead atoms. The number of halogens is 1. The largest absolute Gasteiger partial charge is 0.357 e. The van der Waals surface area contributed by atoms with Crippen LogP contribution in [0, 0.1) is 12.7 Å². The highest BCUT2D eigenvalue weighted by molar-refractivity contribution is 6.14. The maximum Gasteiger partial charge on any atom is 0.181 e. The standard InChI is InChI=1S/C35H33FN6/c1-5-24(20-37-21-25-12-9-8-10-13-25)16-26(6-2)28-18-31-34(41-42-35(31)39-22-28)32-19-30(23(4)40-32)33(38-7-3)27-14-11-15-29(36)17-27/h5-19,22,37,40H,1,3,20-21H2,2,4H3,(H,39,41,42)/b24-16+,26-6+,38-33?. The van der Waals surface area contributed by atoms with E-state index in [-0.39, 0.29) is 5.82 Å². The molecule has 0 aliphatic rings. The molecule has 0 aliphatic heterocycles. The van der Waals surface area contributed by atoms with Crippen molar-refractivity contribution in [3.8, 4) is 11.4 Å². The van der Waals surface area contributed by atoms with Gasteiger partial charge in [0.1, 0.15) is 5.82 Å². The van der Waals surface area contributed by atoms with Gasteiger partial charge in [-0.25, -0.2) is 9.37 Å². The summed E-state index contributed by atoms with van der Waals surface area (Å²) in [4.78, 5) is 12.6. The van der Waals surface area contributed by atoms with Gasteiger partial charge in [-0.2, -0.15) is 5.10 Å². The Hall–Kier alpha value is -5.14. The van der Waals surface area contributed by atoms with Crippen LogP contribution in [0.25, 0.3) is 28.0 Å². The summed E-state index contributed by atoms with van der Waals surface area (Å²) in [6.45, 7) is 13.2. The Bertz CT molecular complexity index is 1820. The Morgan fingerprint density at radius 2 is 1.88 bits per heavy atom. The highest BCUT2D eigenvalue weighted by atomic mass is 19.1. The van der Waals surface area contributed by atoms with Crippen LogP contribution in [-0.4, -0.2) is 32.4 Å². The van der Waals surface area contributed by atoms with E-state index in [1.807, 2.05) is 56.5 Å². The summed E-state index contributed by atoms with van der Waals surface area (Å²) < 4.78 is 14.0. The quantitative estimate of drug-likeness (QED) is 0.115. The van der Waals surface area contributed by atoms with E-state index in [0.717, 1.165) is 51.3 Å². The number of benzene rings is 2. The fourth-order valence-electron chi connectivity index (χ4n) is 4.89. The summed E-state index contributed by atoms with van der Waals surface area (Å²) in [5.41, 5.74) is 9.57. The normalized spacial score (nSPS) is 12.6. The van der Waals surface area contributed by atoms with Crippen LogP contribution in [0.15, 0.2) is 121 Å². The van der Waals surface area contributed by atoms with Crippen LogP contribution in [0.1, 0.15) is 34.9 Å². The first kappa shape index (κ1) is 28.4. The van der Waals surface area contributed by atoms with Gasteiger partial charge in [0, 0.05) is 53.3 Å². The summed E-state index contributed by atoms with van der Waals surface area (Å²) in [6.07, 6.45) is 9.37. The molecular formula is C35H33FN6. The van der Waals surface area contributed by atoms with E-state index in [2.05, 4.69) is 74.0 Å². The highest BCUT2D eigenvalue weighted by Crippen LogP contribution is 2.30. The van der Waals surface area contributed by atoms with Gasteiger partial charge < -0.3 is 10.3 Å². The molecule has 0 unspecified atom stereocenters. The van der Waals surface area contributed by atoms with E-state index >= 15 is 0 Å². The number of nitrogens with zero attached hydrogens (tertiary/aromatic N) is 3. The van der Waals surface area contributed by atoms with E-state index in [0.29, 0.717) is 23.5 Å². The van der Waals surface area contributed by atoms with Crippen molar-refractivity contribution in [2.24, 2.45) is 4.99 Å². The lowest BCUT2D eigenvalue weighted by atomic mass is 10.0. The Morgan fingerprint density at radius 3 is 2.62 bits per heavy atom. The third-order valence-corrected chi connectivity index (χ3v) is 7.02. The fraction of sp³-hybridized carbons (Fsp3) is 0.114. The van der Waals surface area contributed by atoms with Crippen molar-refractivity contribution in [2.75, 3.05) is 6.54 Å². The van der Waals surface area contributed by atoms with Crippen LogP contribution in [0.3, 0.4) is 0 Å². The number of nitrogens with one attached hydrogen (secondary N) is 3. The molecule has 0 atom stereocenters. The third kappa shape index (κ3) is 6.27. The molecule has 0 saturated carbocycles. The van der Waals surface area contributed by atoms with Crippen LogP contribution in [-0.2, 0) is 6.54 Å². The van der Waals surface area contributed by atoms with Crippen LogP contribution in [0.4, 0.5) is 4.39 Å². The number of aliphatic imine (C=N–C) groups is 1. The van der Waals surface area contributed by atoms with Gasteiger partial charge in [0.05, 0.1) is 17.1 Å². The molecule has 6 nitrogen and oxygen atoms in total. The maximum absolute atomic E-state index is 14.0. The van der Waals surface area contributed by atoms with Crippen molar-refractivity contribution >= 4 is 22.3 Å². The Balaban J connectivity index is 1.44. The van der Waals surface area contributed by atoms with Crippen molar-refractivity contribution in [1.82, 2.24) is 25.5 Å². The second kappa shape index (κ2) is 13.0. The molecule has 210 valence electrons. The van der Waals surface area contributed by atoms with Crippen LogP contribution < -0.4 is 5.32 Å². The number of pyridine rings is 1. The fourth-order valence-corrected chi connectivity index (χ4v) is 4.89. The lowest BCUT2D eigenvalue weighted by Gasteiger charge is -2.08. The number of H-pyrrole nitrogens is 2. The summed E-state index contributed by atoms with van der Waals surface area (Å²) in [5, 5.41) is 12.0. The molecule has 0 saturated heterocycles. The van der Waals surface area contributed by atoms with E-state index in [1.165, 1.54) is 23.9 Å². The molecule has 3 aromatic heterocycles. The minimum atomic E-state index is -0.323. The van der Waals surface area contributed by atoms with E-state index < -0.39 is 0 Å². The average molecular weight is 557 g/mol. The number of aryl methyl sites for hydroxylation is 1. The zero-order valence-electron chi connectivity index (χ0n) is 23.8. The number of rotatable bonds is 11. The molecule has 7 heteroatoms. The minimum absolute atomic E-state index is 0.323. The topological polar surface area (TPSA) is 81.8 Å². The predicted molar refractivity (Wildman–Crippen MR) is 171 cm³/mol. The van der Waals surface area contributed by atoms with Gasteiger partial charge in [0.15, 0.2) is 5.65 Å². The second-order valence-corrected chi connectivity index (χ2v) is 9.84. The first-order valence-electron chi connectivity index (χ1n) is 13.7. The molecular weight excluding hydrogens is 523 g/mol. The Kier molecular flexibility index (Phi) is 8.80. The van der Waals surface area contributed by atoms with Gasteiger partial charge in [-0.05, 0) is 54.8 Å². The lowest BCUT2D eigenvalue weighted by molar-refractivity contribution is 0.627. The Labute approximate surface area is 245 Å².